The van der Waals surface area contributed by atoms with Crippen molar-refractivity contribution in [1.82, 2.24) is 9.80 Å². The first-order valence-corrected chi connectivity index (χ1v) is 9.11. The zero-order valence-electron chi connectivity index (χ0n) is 15.6. The van der Waals surface area contributed by atoms with Crippen molar-refractivity contribution >= 4 is 28.8 Å². The molecule has 1 aliphatic heterocycles. The van der Waals surface area contributed by atoms with Crippen molar-refractivity contribution in [3.05, 3.63) is 36.1 Å². The Morgan fingerprint density at radius 3 is 2.78 bits per heavy atom. The smallest absolute Gasteiger partial charge is 0.308 e. The van der Waals surface area contributed by atoms with Crippen LogP contribution in [-0.4, -0.2) is 59.4 Å². The van der Waals surface area contributed by atoms with Gasteiger partial charge in [0.2, 0.25) is 11.8 Å². The molecule has 1 aliphatic rings. The highest BCUT2D eigenvalue weighted by Crippen LogP contribution is 2.26. The van der Waals surface area contributed by atoms with Crippen LogP contribution in [0.15, 0.2) is 34.7 Å². The van der Waals surface area contributed by atoms with Crippen LogP contribution in [0.5, 0.6) is 0 Å². The first kappa shape index (κ1) is 18.9. The van der Waals surface area contributed by atoms with E-state index in [4.69, 9.17) is 9.52 Å². The van der Waals surface area contributed by atoms with E-state index >= 15 is 0 Å². The number of para-hydroxylation sites is 1. The van der Waals surface area contributed by atoms with Crippen molar-refractivity contribution in [2.75, 3.05) is 26.7 Å². The van der Waals surface area contributed by atoms with E-state index < -0.39 is 17.8 Å². The van der Waals surface area contributed by atoms with Crippen molar-refractivity contribution in [2.45, 2.75) is 25.7 Å². The topological polar surface area (TPSA) is 91.1 Å². The summed E-state index contributed by atoms with van der Waals surface area (Å²) in [5.74, 6) is -1.80. The number of amides is 2. The summed E-state index contributed by atoms with van der Waals surface area (Å²) >= 11 is 0. The van der Waals surface area contributed by atoms with Gasteiger partial charge in [0.05, 0.1) is 18.4 Å². The molecule has 2 amide bonds. The monoisotopic (exact) mass is 372 g/mol. The summed E-state index contributed by atoms with van der Waals surface area (Å²) in [7, 11) is 1.58. The number of carboxylic acid groups (broad SMARTS) is 1. The molecule has 27 heavy (non-hydrogen) atoms. The Bertz CT molecular complexity index is 826. The summed E-state index contributed by atoms with van der Waals surface area (Å²) in [5.41, 5.74) is 0.721. The summed E-state index contributed by atoms with van der Waals surface area (Å²) in [6.07, 6.45) is 1.24. The molecule has 0 bridgehead atoms. The Hall–Kier alpha value is -2.83. The Morgan fingerprint density at radius 1 is 1.33 bits per heavy atom. The fraction of sp³-hybridized carbons (Fsp3) is 0.450. The average Bonchev–Trinajstić information content (AvgIpc) is 3.11. The van der Waals surface area contributed by atoms with Gasteiger partial charge in [-0.2, -0.15) is 0 Å². The normalized spacial score (nSPS) is 18.3. The van der Waals surface area contributed by atoms with Crippen molar-refractivity contribution in [2.24, 2.45) is 5.92 Å². The van der Waals surface area contributed by atoms with Gasteiger partial charge in [-0.05, 0) is 31.9 Å². The third-order valence-corrected chi connectivity index (χ3v) is 5.11. The Balaban J connectivity index is 1.62. The molecule has 2 unspecified atom stereocenters. The lowest BCUT2D eigenvalue weighted by Gasteiger charge is -2.32. The van der Waals surface area contributed by atoms with Gasteiger partial charge < -0.3 is 19.3 Å². The summed E-state index contributed by atoms with van der Waals surface area (Å²) < 4.78 is 5.75. The Labute approximate surface area is 157 Å². The number of hydrogen-bond donors (Lipinski definition) is 1. The predicted octanol–water partition coefficient (Wildman–Crippen LogP) is 2.32. The Kier molecular flexibility index (Phi) is 5.48. The predicted molar refractivity (Wildman–Crippen MR) is 99.2 cm³/mol. The number of aliphatic carboxylic acids is 1. The van der Waals surface area contributed by atoms with Crippen LogP contribution in [0.2, 0.25) is 0 Å². The van der Waals surface area contributed by atoms with Gasteiger partial charge in [0.25, 0.3) is 0 Å². The number of likely N-dealkylation sites (N-methyl/N-ethyl adjacent to an activating group) is 1. The van der Waals surface area contributed by atoms with Gasteiger partial charge in [0.1, 0.15) is 11.3 Å². The Morgan fingerprint density at radius 2 is 2.07 bits per heavy atom. The van der Waals surface area contributed by atoms with E-state index in [0.29, 0.717) is 25.1 Å². The zero-order valence-corrected chi connectivity index (χ0v) is 15.6. The van der Waals surface area contributed by atoms with Gasteiger partial charge in [-0.25, -0.2) is 0 Å². The van der Waals surface area contributed by atoms with Gasteiger partial charge in [-0.15, -0.1) is 0 Å². The average molecular weight is 372 g/mol. The van der Waals surface area contributed by atoms with Crippen LogP contribution < -0.4 is 0 Å². The molecule has 2 atom stereocenters. The third kappa shape index (κ3) is 4.13. The molecule has 7 heteroatoms. The molecule has 1 fully saturated rings. The highest BCUT2D eigenvalue weighted by molar-refractivity contribution is 5.89. The maximum absolute atomic E-state index is 12.7. The van der Waals surface area contributed by atoms with E-state index in [2.05, 4.69) is 0 Å². The van der Waals surface area contributed by atoms with Crippen LogP contribution in [0.25, 0.3) is 11.0 Å². The molecule has 0 aliphatic carbocycles. The van der Waals surface area contributed by atoms with Crippen LogP contribution in [0, 0.1) is 5.92 Å². The van der Waals surface area contributed by atoms with E-state index in [1.807, 2.05) is 30.3 Å². The first-order chi connectivity index (χ1) is 12.9. The number of carboxylic acids is 1. The van der Waals surface area contributed by atoms with Crippen molar-refractivity contribution < 1.29 is 23.9 Å². The number of piperidine rings is 1. The highest BCUT2D eigenvalue weighted by Gasteiger charge is 2.30. The SMILES string of the molecule is CC(C(=O)N(C)CC(=O)N1CCCC(C(=O)O)C1)c1cc2ccccc2o1. The number of benzene rings is 1. The largest absolute Gasteiger partial charge is 0.481 e. The third-order valence-electron chi connectivity index (χ3n) is 5.11. The first-order valence-electron chi connectivity index (χ1n) is 9.11. The lowest BCUT2D eigenvalue weighted by Crippen LogP contribution is -2.47. The van der Waals surface area contributed by atoms with E-state index in [-0.39, 0.29) is 24.9 Å². The molecule has 2 aromatic rings. The van der Waals surface area contributed by atoms with E-state index in [1.165, 1.54) is 9.80 Å². The minimum Gasteiger partial charge on any atom is -0.481 e. The maximum atomic E-state index is 12.7. The number of fused-ring (bicyclic) bond motifs is 1. The second-order valence-electron chi connectivity index (χ2n) is 7.12. The molecule has 3 rings (SSSR count). The van der Waals surface area contributed by atoms with Gasteiger partial charge in [0.15, 0.2) is 0 Å². The van der Waals surface area contributed by atoms with Crippen molar-refractivity contribution in [3.63, 3.8) is 0 Å². The number of carbonyl (C=O) groups is 3. The maximum Gasteiger partial charge on any atom is 0.308 e. The lowest BCUT2D eigenvalue weighted by molar-refractivity contribution is -0.147. The molecule has 144 valence electrons. The van der Waals surface area contributed by atoms with Crippen LogP contribution in [-0.2, 0) is 14.4 Å². The quantitative estimate of drug-likeness (QED) is 0.870. The summed E-state index contributed by atoms with van der Waals surface area (Å²) in [6, 6.07) is 9.38. The molecular weight excluding hydrogens is 348 g/mol. The van der Waals surface area contributed by atoms with Crippen LogP contribution in [0.1, 0.15) is 31.4 Å². The van der Waals surface area contributed by atoms with Crippen LogP contribution in [0.4, 0.5) is 0 Å². The molecule has 0 radical (unpaired) electrons. The number of carbonyl (C=O) groups excluding carboxylic acids is 2. The standard InChI is InChI=1S/C20H24N2O5/c1-13(17-10-14-6-3-4-8-16(14)27-17)19(24)21(2)12-18(23)22-9-5-7-15(11-22)20(25)26/h3-4,6,8,10,13,15H,5,7,9,11-12H2,1-2H3,(H,25,26). The second kappa shape index (κ2) is 7.82. The minimum absolute atomic E-state index is 0.0737. The van der Waals surface area contributed by atoms with Crippen LogP contribution >= 0.6 is 0 Å². The molecule has 0 spiro atoms. The second-order valence-corrected chi connectivity index (χ2v) is 7.12. The van der Waals surface area contributed by atoms with Gasteiger partial charge in [-0.3, -0.25) is 14.4 Å². The fourth-order valence-corrected chi connectivity index (χ4v) is 3.45. The molecule has 1 aromatic carbocycles. The van der Waals surface area contributed by atoms with Crippen molar-refractivity contribution in [1.29, 1.82) is 0 Å². The van der Waals surface area contributed by atoms with E-state index in [1.54, 1.807) is 14.0 Å². The number of hydrogen-bond acceptors (Lipinski definition) is 4. The van der Waals surface area contributed by atoms with E-state index in [9.17, 15) is 14.4 Å². The van der Waals surface area contributed by atoms with E-state index in [0.717, 1.165) is 11.0 Å². The fourth-order valence-electron chi connectivity index (χ4n) is 3.45. The van der Waals surface area contributed by atoms with Gasteiger partial charge in [0, 0.05) is 25.5 Å². The van der Waals surface area contributed by atoms with Crippen LogP contribution in [0.3, 0.4) is 0 Å². The molecular formula is C20H24N2O5. The molecule has 1 saturated heterocycles. The summed E-state index contributed by atoms with van der Waals surface area (Å²) in [4.78, 5) is 39.3. The zero-order chi connectivity index (χ0) is 19.6. The number of rotatable bonds is 5. The summed E-state index contributed by atoms with van der Waals surface area (Å²) in [5, 5.41) is 10.1. The van der Waals surface area contributed by atoms with Gasteiger partial charge in [-0.1, -0.05) is 18.2 Å². The molecule has 1 N–H and O–H groups in total. The number of likely N-dealkylation sites (tertiary alicyclic amines) is 1. The van der Waals surface area contributed by atoms with Gasteiger partial charge >= 0.3 is 5.97 Å². The number of furan rings is 1. The minimum atomic E-state index is -0.879. The molecule has 0 saturated carbocycles. The number of nitrogens with zero attached hydrogens (tertiary/aromatic N) is 2. The summed E-state index contributed by atoms with van der Waals surface area (Å²) in [6.45, 7) is 2.41. The lowest BCUT2D eigenvalue weighted by atomic mass is 9.98. The molecule has 7 nitrogen and oxygen atoms in total. The molecule has 2 heterocycles. The van der Waals surface area contributed by atoms with Crippen molar-refractivity contribution in [3.8, 4) is 0 Å². The molecule has 1 aromatic heterocycles. The highest BCUT2D eigenvalue weighted by atomic mass is 16.4.